The molecule has 1 fully saturated rings. The second kappa shape index (κ2) is 15.3. The molecule has 0 saturated heterocycles. The number of carbonyl (C=O) groups is 2. The summed E-state index contributed by atoms with van der Waals surface area (Å²) >= 11 is 0. The monoisotopic (exact) mass is 624 g/mol. The molecule has 240 valence electrons. The van der Waals surface area contributed by atoms with Crippen molar-refractivity contribution in [2.75, 3.05) is 6.61 Å². The lowest BCUT2D eigenvalue weighted by Gasteiger charge is -2.22. The molecule has 1 aliphatic carbocycles. The van der Waals surface area contributed by atoms with Crippen molar-refractivity contribution >= 4 is 28.8 Å². The standard InChI is InChI=1S/C35H40N6O5/c1-3-20-44-34-38-30-15-9-14-29(31(42)21-23(2)45-35(43)46-26-10-5-4-6-11-26)32(30)41(34)22-24-16-18-25(19-17-24)27-12-7-8-13-28(27)33(36)39-40-37/h7-9,12-19,23,26H,3-6,10-11,20-22H2,1-2H3,(H3,36,37,39). The minimum absolute atomic E-state index is 0.00203. The van der Waals surface area contributed by atoms with Gasteiger partial charge in [-0.05, 0) is 67.9 Å². The number of ketones is 1. The van der Waals surface area contributed by atoms with Gasteiger partial charge >= 0.3 is 6.16 Å². The van der Waals surface area contributed by atoms with Gasteiger partial charge in [-0.3, -0.25) is 14.8 Å². The van der Waals surface area contributed by atoms with Crippen molar-refractivity contribution in [1.82, 2.24) is 9.55 Å². The number of rotatable bonds is 12. The van der Waals surface area contributed by atoms with E-state index < -0.39 is 12.3 Å². The maximum atomic E-state index is 13.7. The third-order valence-corrected chi connectivity index (χ3v) is 8.00. The Kier molecular flexibility index (Phi) is 10.7. The number of carbonyl (C=O) groups excluding carboxylic acids is 2. The van der Waals surface area contributed by atoms with Crippen molar-refractivity contribution in [3.8, 4) is 17.1 Å². The van der Waals surface area contributed by atoms with E-state index in [1.165, 1.54) is 0 Å². The Bertz CT molecular complexity index is 1710. The molecule has 0 amide bonds. The first-order valence-electron chi connectivity index (χ1n) is 15.8. The van der Waals surface area contributed by atoms with Gasteiger partial charge in [-0.1, -0.05) is 73.2 Å². The SMILES string of the molecule is CCCOc1nc2cccc(C(=O)CC(C)OC(=O)OC3CCCCC3)c2n1Cc1ccc(-c2ccccc2C(=N)N=NN)cc1. The first-order chi connectivity index (χ1) is 22.4. The highest BCUT2D eigenvalue weighted by Crippen LogP contribution is 2.30. The summed E-state index contributed by atoms with van der Waals surface area (Å²) in [5, 5.41) is 15.2. The quantitative estimate of drug-likeness (QED) is 0.0312. The Balaban J connectivity index is 1.38. The van der Waals surface area contributed by atoms with Gasteiger partial charge in [-0.25, -0.2) is 4.79 Å². The van der Waals surface area contributed by atoms with Crippen LogP contribution in [0.15, 0.2) is 77.1 Å². The van der Waals surface area contributed by atoms with E-state index in [1.807, 2.05) is 60.0 Å². The number of benzene rings is 3. The van der Waals surface area contributed by atoms with Crippen molar-refractivity contribution in [2.24, 2.45) is 16.2 Å². The number of Topliss-reactive ketones (excluding diaryl/α,β-unsaturated/α-hetero) is 1. The first-order valence-corrected chi connectivity index (χ1v) is 15.8. The fourth-order valence-electron chi connectivity index (χ4n) is 5.79. The number of hydrogen-bond acceptors (Lipinski definition) is 8. The van der Waals surface area contributed by atoms with E-state index in [1.54, 1.807) is 25.1 Å². The van der Waals surface area contributed by atoms with Crippen LogP contribution >= 0.6 is 0 Å². The normalized spacial score (nSPS) is 14.3. The third-order valence-electron chi connectivity index (χ3n) is 8.00. The molecule has 1 heterocycles. The number of nitrogens with two attached hydrogens (primary N) is 1. The van der Waals surface area contributed by atoms with Crippen LogP contribution in [0.5, 0.6) is 6.01 Å². The van der Waals surface area contributed by atoms with E-state index in [2.05, 4.69) is 10.3 Å². The number of para-hydroxylation sites is 1. The van der Waals surface area contributed by atoms with Crippen LogP contribution in [0.25, 0.3) is 22.2 Å². The summed E-state index contributed by atoms with van der Waals surface area (Å²) in [6.45, 7) is 4.60. The Hall–Kier alpha value is -5.06. The molecule has 1 saturated carbocycles. The van der Waals surface area contributed by atoms with Crippen molar-refractivity contribution < 1.29 is 23.8 Å². The van der Waals surface area contributed by atoms with Gasteiger partial charge < -0.3 is 20.1 Å². The Morgan fingerprint density at radius 3 is 2.50 bits per heavy atom. The zero-order valence-corrected chi connectivity index (χ0v) is 26.3. The molecule has 3 N–H and O–H groups in total. The first kappa shape index (κ1) is 32.3. The van der Waals surface area contributed by atoms with Crippen molar-refractivity contribution in [3.63, 3.8) is 0 Å². The van der Waals surface area contributed by atoms with E-state index in [0.29, 0.717) is 41.3 Å². The average molecular weight is 625 g/mol. The summed E-state index contributed by atoms with van der Waals surface area (Å²) in [4.78, 5) is 30.8. The maximum Gasteiger partial charge on any atom is 0.508 e. The van der Waals surface area contributed by atoms with Crippen LogP contribution in [0.1, 0.15) is 80.3 Å². The highest BCUT2D eigenvalue weighted by Gasteiger charge is 2.24. The van der Waals surface area contributed by atoms with E-state index in [-0.39, 0.29) is 24.1 Å². The molecule has 1 atom stereocenters. The van der Waals surface area contributed by atoms with Crippen molar-refractivity contribution in [1.29, 1.82) is 5.41 Å². The number of imidazole rings is 1. The second-order valence-electron chi connectivity index (χ2n) is 11.5. The third kappa shape index (κ3) is 7.77. The van der Waals surface area contributed by atoms with Gasteiger partial charge in [0.05, 0.1) is 24.2 Å². The van der Waals surface area contributed by atoms with E-state index in [0.717, 1.165) is 55.2 Å². The number of nitrogens with one attached hydrogen (secondary N) is 1. The van der Waals surface area contributed by atoms with Crippen LogP contribution in [0.2, 0.25) is 0 Å². The zero-order valence-electron chi connectivity index (χ0n) is 26.3. The summed E-state index contributed by atoms with van der Waals surface area (Å²) in [6, 6.07) is 21.3. The highest BCUT2D eigenvalue weighted by atomic mass is 16.7. The lowest BCUT2D eigenvalue weighted by molar-refractivity contribution is -0.00719. The number of amidine groups is 1. The van der Waals surface area contributed by atoms with Gasteiger partial charge in [-0.15, -0.1) is 5.11 Å². The number of ether oxygens (including phenoxy) is 3. The summed E-state index contributed by atoms with van der Waals surface area (Å²) < 4.78 is 18.9. The van der Waals surface area contributed by atoms with Crippen LogP contribution in [-0.2, 0) is 16.0 Å². The number of fused-ring (bicyclic) bond motifs is 1. The van der Waals surface area contributed by atoms with Crippen LogP contribution in [0, 0.1) is 5.41 Å². The zero-order chi connectivity index (χ0) is 32.5. The highest BCUT2D eigenvalue weighted by molar-refractivity contribution is 6.07. The van der Waals surface area contributed by atoms with E-state index >= 15 is 0 Å². The topological polar surface area (TPSA) is 154 Å². The molecule has 1 unspecified atom stereocenters. The van der Waals surface area contributed by atoms with Crippen LogP contribution < -0.4 is 10.6 Å². The van der Waals surface area contributed by atoms with Gasteiger partial charge in [0.1, 0.15) is 12.2 Å². The Labute approximate surface area is 268 Å². The predicted octanol–water partition coefficient (Wildman–Crippen LogP) is 7.64. The minimum Gasteiger partial charge on any atom is -0.465 e. The summed E-state index contributed by atoms with van der Waals surface area (Å²) in [7, 11) is 0. The van der Waals surface area contributed by atoms with Gasteiger partial charge in [0.25, 0.3) is 6.01 Å². The van der Waals surface area contributed by atoms with Gasteiger partial charge in [0, 0.05) is 17.5 Å². The van der Waals surface area contributed by atoms with Crippen molar-refractivity contribution in [3.05, 3.63) is 83.4 Å². The lowest BCUT2D eigenvalue weighted by Crippen LogP contribution is -2.25. The van der Waals surface area contributed by atoms with Crippen LogP contribution in [-0.4, -0.2) is 46.1 Å². The predicted molar refractivity (Wildman–Crippen MR) is 175 cm³/mol. The van der Waals surface area contributed by atoms with Gasteiger partial charge in [0.15, 0.2) is 11.6 Å². The van der Waals surface area contributed by atoms with Gasteiger partial charge in [0.2, 0.25) is 0 Å². The second-order valence-corrected chi connectivity index (χ2v) is 11.5. The molecule has 1 aromatic heterocycles. The number of aromatic nitrogens is 2. The molecule has 3 aromatic carbocycles. The summed E-state index contributed by atoms with van der Waals surface area (Å²) in [5.74, 6) is 4.98. The smallest absolute Gasteiger partial charge is 0.465 e. The fourth-order valence-corrected chi connectivity index (χ4v) is 5.79. The van der Waals surface area contributed by atoms with Crippen molar-refractivity contribution in [2.45, 2.75) is 77.5 Å². The molecule has 4 aromatic rings. The minimum atomic E-state index is -0.725. The summed E-state index contributed by atoms with van der Waals surface area (Å²) in [5.41, 5.74) is 5.09. The molecule has 1 aliphatic rings. The molecule has 0 aliphatic heterocycles. The average Bonchev–Trinajstić information content (AvgIpc) is 3.41. The summed E-state index contributed by atoms with van der Waals surface area (Å²) in [6.07, 6.45) is 4.23. The molecule has 0 spiro atoms. The van der Waals surface area contributed by atoms with Crippen LogP contribution in [0.3, 0.4) is 0 Å². The van der Waals surface area contributed by atoms with E-state index in [9.17, 15) is 9.59 Å². The van der Waals surface area contributed by atoms with Gasteiger partial charge in [-0.2, -0.15) is 4.98 Å². The van der Waals surface area contributed by atoms with Crippen LogP contribution in [0.4, 0.5) is 4.79 Å². The largest absolute Gasteiger partial charge is 0.508 e. The Morgan fingerprint density at radius 2 is 1.76 bits per heavy atom. The molecule has 11 heteroatoms. The molecule has 46 heavy (non-hydrogen) atoms. The molecule has 11 nitrogen and oxygen atoms in total. The molecular formula is C35H40N6O5. The lowest BCUT2D eigenvalue weighted by atomic mass is 9.98. The molecule has 5 rings (SSSR count). The number of nitrogens with zero attached hydrogens (tertiary/aromatic N) is 4. The van der Waals surface area contributed by atoms with E-state index in [4.69, 9.17) is 30.4 Å². The number of hydrogen-bond donors (Lipinski definition) is 2. The maximum absolute atomic E-state index is 13.7. The fraction of sp³-hybridized carbons (Fsp3) is 0.371. The molecule has 0 radical (unpaired) electrons. The molecular weight excluding hydrogens is 584 g/mol. The Morgan fingerprint density at radius 1 is 1.02 bits per heavy atom. The molecule has 0 bridgehead atoms.